The molecule has 0 unspecified atom stereocenters. The van der Waals surface area contributed by atoms with E-state index in [0.717, 1.165) is 0 Å². The van der Waals surface area contributed by atoms with Crippen LogP contribution in [-0.2, 0) is 14.8 Å². The molecular formula is C11H15NO4S. The number of hydrogen-bond donors (Lipinski definition) is 1. The Hall–Kier alpha value is -1.40. The van der Waals surface area contributed by atoms with Gasteiger partial charge < -0.3 is 4.74 Å². The van der Waals surface area contributed by atoms with Gasteiger partial charge in [0.2, 0.25) is 10.0 Å². The number of sulfonamides is 1. The van der Waals surface area contributed by atoms with Crippen LogP contribution in [-0.4, -0.2) is 33.7 Å². The Bertz CT molecular complexity index is 470. The molecule has 5 nitrogen and oxygen atoms in total. The maximum atomic E-state index is 11.6. The molecule has 1 N–H and O–H groups in total. The minimum absolute atomic E-state index is 0.105. The molecule has 0 aliphatic rings. The summed E-state index contributed by atoms with van der Waals surface area (Å²) in [6, 6.07) is 6.28. The Morgan fingerprint density at radius 2 is 2.18 bits per heavy atom. The molecule has 0 heterocycles. The van der Waals surface area contributed by atoms with Crippen LogP contribution in [0.1, 0.15) is 17.3 Å². The lowest BCUT2D eigenvalue weighted by Gasteiger charge is -2.08. The first-order chi connectivity index (χ1) is 8.07. The standard InChI is InChI=1S/C11H15NO4S/c1-2-16-6-7-17(14,15)12-11-5-3-4-10(8-11)9-13/h3-5,8-9,12H,2,6-7H2,1H3. The maximum absolute atomic E-state index is 11.6. The summed E-state index contributed by atoms with van der Waals surface area (Å²) >= 11 is 0. The van der Waals surface area contributed by atoms with Gasteiger partial charge in [-0.3, -0.25) is 9.52 Å². The van der Waals surface area contributed by atoms with Gasteiger partial charge in [0.1, 0.15) is 6.29 Å². The number of ether oxygens (including phenoxy) is 1. The molecule has 94 valence electrons. The molecule has 0 atom stereocenters. The van der Waals surface area contributed by atoms with Crippen molar-refractivity contribution < 1.29 is 17.9 Å². The summed E-state index contributed by atoms with van der Waals surface area (Å²) < 4.78 is 30.6. The Morgan fingerprint density at radius 3 is 2.82 bits per heavy atom. The second-order valence-corrected chi connectivity index (χ2v) is 5.20. The van der Waals surface area contributed by atoms with E-state index in [1.807, 2.05) is 0 Å². The first-order valence-electron chi connectivity index (χ1n) is 5.21. The molecule has 0 aromatic heterocycles. The van der Waals surface area contributed by atoms with Crippen LogP contribution in [0.15, 0.2) is 24.3 Å². The topological polar surface area (TPSA) is 72.5 Å². The minimum atomic E-state index is -3.42. The fourth-order valence-electron chi connectivity index (χ4n) is 1.22. The highest BCUT2D eigenvalue weighted by Crippen LogP contribution is 2.11. The third-order valence-electron chi connectivity index (χ3n) is 2.00. The summed E-state index contributed by atoms with van der Waals surface area (Å²) in [5, 5.41) is 0. The predicted molar refractivity (Wildman–Crippen MR) is 65.7 cm³/mol. The smallest absolute Gasteiger partial charge is 0.234 e. The van der Waals surface area contributed by atoms with E-state index in [-0.39, 0.29) is 12.4 Å². The van der Waals surface area contributed by atoms with E-state index in [4.69, 9.17) is 4.74 Å². The molecule has 0 saturated heterocycles. The number of carbonyl (C=O) groups is 1. The summed E-state index contributed by atoms with van der Waals surface area (Å²) in [4.78, 5) is 10.5. The number of anilines is 1. The largest absolute Gasteiger partial charge is 0.381 e. The third-order valence-corrected chi connectivity index (χ3v) is 3.25. The van der Waals surface area contributed by atoms with Crippen LogP contribution in [0.5, 0.6) is 0 Å². The Kier molecular flexibility index (Phi) is 5.11. The van der Waals surface area contributed by atoms with E-state index in [1.165, 1.54) is 6.07 Å². The zero-order valence-corrected chi connectivity index (χ0v) is 10.4. The molecule has 0 fully saturated rings. The van der Waals surface area contributed by atoms with Gasteiger partial charge in [-0.25, -0.2) is 8.42 Å². The van der Waals surface area contributed by atoms with Crippen LogP contribution >= 0.6 is 0 Å². The molecule has 0 radical (unpaired) electrons. The molecule has 17 heavy (non-hydrogen) atoms. The van der Waals surface area contributed by atoms with Crippen molar-refractivity contribution in [1.82, 2.24) is 0 Å². The van der Waals surface area contributed by atoms with Gasteiger partial charge in [0.05, 0.1) is 12.4 Å². The number of rotatable bonds is 7. The number of nitrogens with one attached hydrogen (secondary N) is 1. The van der Waals surface area contributed by atoms with Gasteiger partial charge in [-0.05, 0) is 19.1 Å². The van der Waals surface area contributed by atoms with Gasteiger partial charge in [0.15, 0.2) is 0 Å². The van der Waals surface area contributed by atoms with E-state index in [9.17, 15) is 13.2 Å². The van der Waals surface area contributed by atoms with E-state index in [1.54, 1.807) is 25.1 Å². The summed E-state index contributed by atoms with van der Waals surface area (Å²) in [6.45, 7) is 2.43. The van der Waals surface area contributed by atoms with Crippen LogP contribution in [0.4, 0.5) is 5.69 Å². The molecule has 1 aromatic rings. The van der Waals surface area contributed by atoms with Gasteiger partial charge in [-0.1, -0.05) is 12.1 Å². The number of carbonyl (C=O) groups excluding carboxylic acids is 1. The van der Waals surface area contributed by atoms with Crippen molar-refractivity contribution in [2.75, 3.05) is 23.7 Å². The normalized spacial score (nSPS) is 11.1. The van der Waals surface area contributed by atoms with Crippen molar-refractivity contribution in [1.29, 1.82) is 0 Å². The number of aldehydes is 1. The maximum Gasteiger partial charge on any atom is 0.234 e. The number of benzene rings is 1. The highest BCUT2D eigenvalue weighted by molar-refractivity contribution is 7.92. The summed E-state index contributed by atoms with van der Waals surface area (Å²) in [7, 11) is -3.42. The summed E-state index contributed by atoms with van der Waals surface area (Å²) in [5.74, 6) is -0.105. The van der Waals surface area contributed by atoms with Gasteiger partial charge in [0, 0.05) is 17.9 Å². The van der Waals surface area contributed by atoms with Crippen molar-refractivity contribution >= 4 is 22.0 Å². The molecule has 0 spiro atoms. The Balaban J connectivity index is 2.65. The molecule has 0 aliphatic heterocycles. The predicted octanol–water partition coefficient (Wildman–Crippen LogP) is 1.28. The molecule has 6 heteroatoms. The molecule has 0 amide bonds. The average Bonchev–Trinajstić information content (AvgIpc) is 2.29. The van der Waals surface area contributed by atoms with Crippen molar-refractivity contribution in [3.63, 3.8) is 0 Å². The van der Waals surface area contributed by atoms with Gasteiger partial charge in [-0.15, -0.1) is 0 Å². The fourth-order valence-corrected chi connectivity index (χ4v) is 2.14. The lowest BCUT2D eigenvalue weighted by Crippen LogP contribution is -2.20. The van der Waals surface area contributed by atoms with Crippen LogP contribution in [0, 0.1) is 0 Å². The third kappa shape index (κ3) is 4.97. The van der Waals surface area contributed by atoms with E-state index < -0.39 is 10.0 Å². The van der Waals surface area contributed by atoms with Gasteiger partial charge in [-0.2, -0.15) is 0 Å². The highest BCUT2D eigenvalue weighted by Gasteiger charge is 2.10. The lowest BCUT2D eigenvalue weighted by molar-refractivity contribution is 0.112. The second-order valence-electron chi connectivity index (χ2n) is 3.36. The summed E-state index contributed by atoms with van der Waals surface area (Å²) in [6.07, 6.45) is 0.665. The highest BCUT2D eigenvalue weighted by atomic mass is 32.2. The molecule has 1 rings (SSSR count). The average molecular weight is 257 g/mol. The lowest BCUT2D eigenvalue weighted by atomic mass is 10.2. The molecule has 0 bridgehead atoms. The first-order valence-corrected chi connectivity index (χ1v) is 6.86. The molecule has 1 aromatic carbocycles. The van der Waals surface area contributed by atoms with E-state index in [2.05, 4.69) is 4.72 Å². The fraction of sp³-hybridized carbons (Fsp3) is 0.364. The minimum Gasteiger partial charge on any atom is -0.381 e. The van der Waals surface area contributed by atoms with Crippen molar-refractivity contribution in [3.05, 3.63) is 29.8 Å². The zero-order chi connectivity index (χ0) is 12.7. The van der Waals surface area contributed by atoms with E-state index in [0.29, 0.717) is 24.1 Å². The van der Waals surface area contributed by atoms with Crippen LogP contribution in [0.2, 0.25) is 0 Å². The Morgan fingerprint density at radius 1 is 1.41 bits per heavy atom. The zero-order valence-electron chi connectivity index (χ0n) is 9.55. The summed E-state index contributed by atoms with van der Waals surface area (Å²) in [5.41, 5.74) is 0.807. The quantitative estimate of drug-likeness (QED) is 0.590. The monoisotopic (exact) mass is 257 g/mol. The van der Waals surface area contributed by atoms with Crippen LogP contribution < -0.4 is 4.72 Å². The first kappa shape index (κ1) is 13.7. The SMILES string of the molecule is CCOCCS(=O)(=O)Nc1cccc(C=O)c1. The van der Waals surface area contributed by atoms with Crippen molar-refractivity contribution in [3.8, 4) is 0 Å². The van der Waals surface area contributed by atoms with Gasteiger partial charge >= 0.3 is 0 Å². The molecular weight excluding hydrogens is 242 g/mol. The van der Waals surface area contributed by atoms with Crippen molar-refractivity contribution in [2.24, 2.45) is 0 Å². The van der Waals surface area contributed by atoms with Crippen LogP contribution in [0.25, 0.3) is 0 Å². The van der Waals surface area contributed by atoms with E-state index >= 15 is 0 Å². The van der Waals surface area contributed by atoms with Crippen molar-refractivity contribution in [2.45, 2.75) is 6.92 Å². The van der Waals surface area contributed by atoms with Crippen LogP contribution in [0.3, 0.4) is 0 Å². The Labute approximate surface area is 101 Å². The molecule has 0 aliphatic carbocycles. The molecule has 0 saturated carbocycles. The second kappa shape index (κ2) is 6.36. The van der Waals surface area contributed by atoms with Gasteiger partial charge in [0.25, 0.3) is 0 Å². The number of hydrogen-bond acceptors (Lipinski definition) is 4.